The lowest BCUT2D eigenvalue weighted by molar-refractivity contribution is -0.138. The van der Waals surface area contributed by atoms with Crippen molar-refractivity contribution < 1.29 is 22.7 Å². The van der Waals surface area contributed by atoms with Gasteiger partial charge in [0.2, 0.25) is 5.91 Å². The van der Waals surface area contributed by atoms with Crippen LogP contribution in [0.2, 0.25) is 0 Å². The summed E-state index contributed by atoms with van der Waals surface area (Å²) in [5.41, 5.74) is -1.91. The molecule has 13 heteroatoms. The number of ether oxygens (including phenoxy) is 1. The van der Waals surface area contributed by atoms with Crippen molar-refractivity contribution in [3.63, 3.8) is 0 Å². The molecule has 2 fully saturated rings. The number of hydrogen-bond donors (Lipinski definition) is 2. The molecule has 0 atom stereocenters. The highest BCUT2D eigenvalue weighted by atomic mass is 19.4. The number of likely N-dealkylation sites (tertiary alicyclic amines) is 1. The van der Waals surface area contributed by atoms with Crippen molar-refractivity contribution in [2.75, 3.05) is 50.1 Å². The van der Waals surface area contributed by atoms with Gasteiger partial charge in [-0.2, -0.15) is 23.5 Å². The number of hydrogen-bond acceptors (Lipinski definition) is 8. The Morgan fingerprint density at radius 3 is 2.57 bits per heavy atom. The van der Waals surface area contributed by atoms with Crippen molar-refractivity contribution in [3.05, 3.63) is 46.0 Å². The maximum atomic E-state index is 12.7. The van der Waals surface area contributed by atoms with E-state index < -0.39 is 17.3 Å². The molecule has 1 amide bonds. The number of rotatable bonds is 6. The molecule has 2 saturated heterocycles. The Morgan fingerprint density at radius 2 is 2.00 bits per heavy atom. The normalized spacial score (nSPS) is 15.6. The molecule has 0 aliphatic carbocycles. The van der Waals surface area contributed by atoms with Crippen LogP contribution in [0.4, 0.5) is 24.7 Å². The molecule has 0 saturated carbocycles. The lowest BCUT2D eigenvalue weighted by atomic mass is 10.1. The van der Waals surface area contributed by atoms with Crippen LogP contribution >= 0.6 is 0 Å². The zero-order valence-electron chi connectivity index (χ0n) is 19.1. The smallest absolute Gasteiger partial charge is 0.384 e. The van der Waals surface area contributed by atoms with Crippen LogP contribution in [-0.4, -0.2) is 71.9 Å². The van der Waals surface area contributed by atoms with Crippen LogP contribution in [0.1, 0.15) is 30.4 Å². The molecule has 0 bridgehead atoms. The number of nitriles is 1. The molecule has 4 heterocycles. The molecule has 188 valence electrons. The van der Waals surface area contributed by atoms with Crippen LogP contribution in [0.15, 0.2) is 29.3 Å². The molecule has 2 aliphatic heterocycles. The number of alkyl halides is 3. The third-order valence-electron chi connectivity index (χ3n) is 5.57. The van der Waals surface area contributed by atoms with Gasteiger partial charge in [0.05, 0.1) is 36.5 Å². The van der Waals surface area contributed by atoms with E-state index in [0.29, 0.717) is 44.8 Å². The molecule has 2 N–H and O–H groups in total. The Bertz CT molecular complexity index is 1090. The monoisotopic (exact) mass is 493 g/mol. The highest BCUT2D eigenvalue weighted by Crippen LogP contribution is 2.34. The van der Waals surface area contributed by atoms with Gasteiger partial charge in [-0.3, -0.25) is 9.59 Å². The Hall–Kier alpha value is -3.66. The van der Waals surface area contributed by atoms with E-state index in [4.69, 9.17) is 10.00 Å². The molecule has 2 aromatic heterocycles. The third kappa shape index (κ3) is 6.92. The number of H-pyrrole nitrogens is 1. The molecule has 10 nitrogen and oxygen atoms in total. The van der Waals surface area contributed by atoms with Gasteiger partial charge >= 0.3 is 6.18 Å². The number of methoxy groups -OCH3 is 1. The first-order valence-electron chi connectivity index (χ1n) is 11.0. The number of carbonyl (C=O) groups is 1. The van der Waals surface area contributed by atoms with E-state index in [1.807, 2.05) is 11.2 Å². The predicted molar refractivity (Wildman–Crippen MR) is 121 cm³/mol. The third-order valence-corrected chi connectivity index (χ3v) is 5.57. The standard InChI is InChI=1S/C13H16N4O2.C9H10F3N3O/c1-19-5-4-13(18)17-8-11(9-17)16-12-3-2-10(6-14)7-15-12;10-9(11,12)7-6(5-13-14-8(7)16)15-3-1-2-4-15/h2-3,7,11H,4-5,8-9H2,1H3,(H,15,16);5H,1-4H2,(H,14,16). The Kier molecular flexibility index (Phi) is 8.64. The highest BCUT2D eigenvalue weighted by Gasteiger charge is 2.39. The number of aromatic nitrogens is 3. The van der Waals surface area contributed by atoms with Crippen molar-refractivity contribution in [2.45, 2.75) is 31.5 Å². The van der Waals surface area contributed by atoms with Gasteiger partial charge in [0, 0.05) is 39.5 Å². The summed E-state index contributed by atoms with van der Waals surface area (Å²) >= 11 is 0. The van der Waals surface area contributed by atoms with Gasteiger partial charge in [-0.25, -0.2) is 10.1 Å². The molecule has 0 aromatic carbocycles. The summed E-state index contributed by atoms with van der Waals surface area (Å²) in [6.45, 7) is 2.90. The summed E-state index contributed by atoms with van der Waals surface area (Å²) in [6.07, 6.45) is 0.0546. The van der Waals surface area contributed by atoms with E-state index in [2.05, 4.69) is 15.4 Å². The molecular formula is C22H26F3N7O3. The second-order valence-electron chi connectivity index (χ2n) is 8.08. The average molecular weight is 493 g/mol. The predicted octanol–water partition coefficient (Wildman–Crippen LogP) is 2.00. The first-order chi connectivity index (χ1) is 16.7. The maximum absolute atomic E-state index is 12.7. The van der Waals surface area contributed by atoms with E-state index in [1.54, 1.807) is 29.0 Å². The van der Waals surface area contributed by atoms with Gasteiger partial charge in [-0.1, -0.05) is 0 Å². The van der Waals surface area contributed by atoms with Gasteiger partial charge in [0.15, 0.2) is 0 Å². The number of anilines is 2. The molecular weight excluding hydrogens is 467 g/mol. The van der Waals surface area contributed by atoms with Crippen LogP contribution < -0.4 is 15.8 Å². The fourth-order valence-corrected chi connectivity index (χ4v) is 3.74. The minimum atomic E-state index is -4.64. The zero-order valence-corrected chi connectivity index (χ0v) is 19.1. The topological polar surface area (TPSA) is 127 Å². The summed E-state index contributed by atoms with van der Waals surface area (Å²) in [4.78, 5) is 30.3. The number of amides is 1. The van der Waals surface area contributed by atoms with Crippen LogP contribution in [0.25, 0.3) is 0 Å². The van der Waals surface area contributed by atoms with Gasteiger partial charge in [0.1, 0.15) is 17.5 Å². The Morgan fingerprint density at radius 1 is 1.29 bits per heavy atom. The van der Waals surface area contributed by atoms with Gasteiger partial charge in [-0.15, -0.1) is 0 Å². The zero-order chi connectivity index (χ0) is 25.4. The summed E-state index contributed by atoms with van der Waals surface area (Å²) in [5, 5.41) is 17.1. The molecule has 4 rings (SSSR count). The Balaban J connectivity index is 0.000000198. The van der Waals surface area contributed by atoms with E-state index in [1.165, 1.54) is 6.20 Å². The fraction of sp³-hybridized carbons (Fsp3) is 0.500. The van der Waals surface area contributed by atoms with Crippen molar-refractivity contribution in [1.82, 2.24) is 20.1 Å². The summed E-state index contributed by atoms with van der Waals surface area (Å²) in [6, 6.07) is 5.74. The first-order valence-corrected chi connectivity index (χ1v) is 11.0. The van der Waals surface area contributed by atoms with Gasteiger partial charge < -0.3 is 19.9 Å². The van der Waals surface area contributed by atoms with Crippen molar-refractivity contribution in [1.29, 1.82) is 5.26 Å². The number of aromatic amines is 1. The average Bonchev–Trinajstić information content (AvgIpc) is 3.34. The molecule has 0 spiro atoms. The SMILES string of the molecule is COCCC(=O)N1CC(Nc2ccc(C#N)cn2)C1.O=c1[nH]ncc(N2CCCC2)c1C(F)(F)F. The van der Waals surface area contributed by atoms with Crippen molar-refractivity contribution in [2.24, 2.45) is 0 Å². The lowest BCUT2D eigenvalue weighted by Gasteiger charge is -2.39. The minimum Gasteiger partial charge on any atom is -0.384 e. The molecule has 2 aliphatic rings. The molecule has 2 aromatic rings. The van der Waals surface area contributed by atoms with E-state index in [-0.39, 0.29) is 17.6 Å². The van der Waals surface area contributed by atoms with E-state index in [9.17, 15) is 22.8 Å². The fourth-order valence-electron chi connectivity index (χ4n) is 3.74. The van der Waals surface area contributed by atoms with Crippen molar-refractivity contribution in [3.8, 4) is 6.07 Å². The van der Waals surface area contributed by atoms with Gasteiger partial charge in [-0.05, 0) is 25.0 Å². The highest BCUT2D eigenvalue weighted by molar-refractivity contribution is 5.77. The number of halogens is 3. The molecule has 35 heavy (non-hydrogen) atoms. The van der Waals surface area contributed by atoms with Crippen LogP contribution in [0.3, 0.4) is 0 Å². The number of pyridine rings is 1. The van der Waals surface area contributed by atoms with Crippen LogP contribution in [0, 0.1) is 11.3 Å². The summed E-state index contributed by atoms with van der Waals surface area (Å²) in [5.74, 6) is 0.848. The quantitative estimate of drug-likeness (QED) is 0.626. The van der Waals surface area contributed by atoms with E-state index in [0.717, 1.165) is 24.9 Å². The number of nitrogens with one attached hydrogen (secondary N) is 2. The van der Waals surface area contributed by atoms with E-state index >= 15 is 0 Å². The lowest BCUT2D eigenvalue weighted by Crippen LogP contribution is -2.57. The second-order valence-corrected chi connectivity index (χ2v) is 8.08. The number of carbonyl (C=O) groups excluding carboxylic acids is 1. The van der Waals surface area contributed by atoms with Crippen LogP contribution in [0.5, 0.6) is 0 Å². The minimum absolute atomic E-state index is 0.117. The second kappa shape index (κ2) is 11.7. The largest absolute Gasteiger partial charge is 0.423 e. The molecule has 0 radical (unpaired) electrons. The number of nitrogens with zero attached hydrogens (tertiary/aromatic N) is 5. The maximum Gasteiger partial charge on any atom is 0.423 e. The summed E-state index contributed by atoms with van der Waals surface area (Å²) in [7, 11) is 1.59. The van der Waals surface area contributed by atoms with Crippen LogP contribution in [-0.2, 0) is 15.7 Å². The van der Waals surface area contributed by atoms with Crippen molar-refractivity contribution >= 4 is 17.4 Å². The summed E-state index contributed by atoms with van der Waals surface area (Å²) < 4.78 is 42.9. The Labute approximate surface area is 199 Å². The first kappa shape index (κ1) is 26.0. The molecule has 0 unspecified atom stereocenters. The van der Waals surface area contributed by atoms with Gasteiger partial charge in [0.25, 0.3) is 5.56 Å².